The van der Waals surface area contributed by atoms with E-state index in [0.717, 1.165) is 55.9 Å². The number of anilines is 1. The molecule has 0 unspecified atom stereocenters. The van der Waals surface area contributed by atoms with Crippen molar-refractivity contribution in [2.24, 2.45) is 12.0 Å². The van der Waals surface area contributed by atoms with Crippen LogP contribution in [0.25, 0.3) is 0 Å². The van der Waals surface area contributed by atoms with E-state index >= 15 is 0 Å². The van der Waals surface area contributed by atoms with E-state index in [0.29, 0.717) is 13.1 Å². The van der Waals surface area contributed by atoms with E-state index in [4.69, 9.17) is 9.73 Å². The second kappa shape index (κ2) is 9.19. The number of aliphatic imine (C=N–C) groups is 1. The van der Waals surface area contributed by atoms with Crippen LogP contribution in [0.2, 0.25) is 0 Å². The van der Waals surface area contributed by atoms with E-state index in [1.165, 1.54) is 0 Å². The lowest BCUT2D eigenvalue weighted by Crippen LogP contribution is -2.38. The van der Waals surface area contributed by atoms with Gasteiger partial charge in [-0.15, -0.1) is 0 Å². The van der Waals surface area contributed by atoms with Crippen LogP contribution < -0.4 is 15.5 Å². The Hall–Kier alpha value is -2.61. The number of hydrogen-bond acceptors (Lipinski definition) is 5. The van der Waals surface area contributed by atoms with Gasteiger partial charge in [-0.1, -0.05) is 6.07 Å². The highest BCUT2D eigenvalue weighted by atomic mass is 16.5. The Morgan fingerprint density at radius 1 is 1.23 bits per heavy atom. The molecule has 0 saturated carbocycles. The zero-order valence-electron chi connectivity index (χ0n) is 15.5. The minimum Gasteiger partial charge on any atom is -0.378 e. The second-order valence-electron chi connectivity index (χ2n) is 6.08. The van der Waals surface area contributed by atoms with Crippen LogP contribution in [-0.4, -0.2) is 53.6 Å². The molecule has 3 heterocycles. The molecule has 3 rings (SSSR count). The molecule has 0 atom stereocenters. The number of aromatic nitrogens is 3. The Kier molecular flexibility index (Phi) is 6.43. The van der Waals surface area contributed by atoms with Crippen molar-refractivity contribution in [3.05, 3.63) is 41.9 Å². The van der Waals surface area contributed by atoms with Crippen molar-refractivity contribution >= 4 is 11.8 Å². The fourth-order valence-electron chi connectivity index (χ4n) is 2.87. The van der Waals surface area contributed by atoms with E-state index in [-0.39, 0.29) is 0 Å². The third-order valence-corrected chi connectivity index (χ3v) is 4.29. The molecule has 0 amide bonds. The molecular weight excluding hydrogens is 330 g/mol. The van der Waals surface area contributed by atoms with E-state index in [1.54, 1.807) is 6.20 Å². The van der Waals surface area contributed by atoms with Gasteiger partial charge in [-0.3, -0.25) is 4.68 Å². The normalized spacial score (nSPS) is 15.2. The van der Waals surface area contributed by atoms with Crippen molar-refractivity contribution in [3.63, 3.8) is 0 Å². The first kappa shape index (κ1) is 18.2. The van der Waals surface area contributed by atoms with Crippen LogP contribution in [0.3, 0.4) is 0 Å². The molecule has 2 N–H and O–H groups in total. The van der Waals surface area contributed by atoms with E-state index in [2.05, 4.69) is 38.6 Å². The van der Waals surface area contributed by atoms with Gasteiger partial charge in [0, 0.05) is 44.6 Å². The maximum absolute atomic E-state index is 5.44. The number of guanidine groups is 1. The van der Waals surface area contributed by atoms with Gasteiger partial charge in [-0.05, 0) is 19.1 Å². The first-order chi connectivity index (χ1) is 12.8. The topological polar surface area (TPSA) is 79.6 Å². The maximum Gasteiger partial charge on any atom is 0.191 e. The van der Waals surface area contributed by atoms with Crippen LogP contribution in [0, 0.1) is 0 Å². The third kappa shape index (κ3) is 4.72. The van der Waals surface area contributed by atoms with Gasteiger partial charge in [0.25, 0.3) is 0 Å². The predicted octanol–water partition coefficient (Wildman–Crippen LogP) is 0.907. The van der Waals surface area contributed by atoms with Crippen LogP contribution in [0.15, 0.2) is 35.6 Å². The second-order valence-corrected chi connectivity index (χ2v) is 6.08. The molecule has 2 aromatic rings. The molecule has 26 heavy (non-hydrogen) atoms. The Morgan fingerprint density at radius 2 is 2.08 bits per heavy atom. The quantitative estimate of drug-likeness (QED) is 0.591. The Balaban J connectivity index is 1.68. The average molecular weight is 357 g/mol. The Labute approximate surface area is 154 Å². The summed E-state index contributed by atoms with van der Waals surface area (Å²) in [4.78, 5) is 11.6. The van der Waals surface area contributed by atoms with E-state index < -0.39 is 0 Å². The number of nitrogens with one attached hydrogen (secondary N) is 2. The number of rotatable bonds is 6. The van der Waals surface area contributed by atoms with Crippen LogP contribution >= 0.6 is 0 Å². The summed E-state index contributed by atoms with van der Waals surface area (Å²) in [6, 6.07) is 6.05. The summed E-state index contributed by atoms with van der Waals surface area (Å²) in [7, 11) is 1.94. The highest BCUT2D eigenvalue weighted by molar-refractivity contribution is 5.79. The van der Waals surface area contributed by atoms with Gasteiger partial charge in [0.05, 0.1) is 32.0 Å². The summed E-state index contributed by atoms with van der Waals surface area (Å²) < 4.78 is 7.30. The smallest absolute Gasteiger partial charge is 0.191 e. The summed E-state index contributed by atoms with van der Waals surface area (Å²) in [5.41, 5.74) is 2.22. The number of aryl methyl sites for hydroxylation is 1. The lowest BCUT2D eigenvalue weighted by Gasteiger charge is -2.29. The van der Waals surface area contributed by atoms with Crippen molar-refractivity contribution in [1.82, 2.24) is 25.4 Å². The van der Waals surface area contributed by atoms with Crippen molar-refractivity contribution < 1.29 is 4.74 Å². The number of hydrogen-bond donors (Lipinski definition) is 2. The molecule has 8 nitrogen and oxygen atoms in total. The lowest BCUT2D eigenvalue weighted by molar-refractivity contribution is 0.122. The van der Waals surface area contributed by atoms with Gasteiger partial charge in [0.15, 0.2) is 5.96 Å². The first-order valence-electron chi connectivity index (χ1n) is 9.03. The SMILES string of the molecule is CCNC(=NCc1cccnc1N1CCOCC1)NCc1ccnn1C. The van der Waals surface area contributed by atoms with Crippen molar-refractivity contribution in [3.8, 4) is 0 Å². The largest absolute Gasteiger partial charge is 0.378 e. The lowest BCUT2D eigenvalue weighted by atomic mass is 10.2. The third-order valence-electron chi connectivity index (χ3n) is 4.29. The summed E-state index contributed by atoms with van der Waals surface area (Å²) in [6.07, 6.45) is 3.63. The van der Waals surface area contributed by atoms with Crippen LogP contribution in [0.5, 0.6) is 0 Å². The van der Waals surface area contributed by atoms with Crippen molar-refractivity contribution in [2.45, 2.75) is 20.0 Å². The highest BCUT2D eigenvalue weighted by Crippen LogP contribution is 2.19. The molecule has 0 aliphatic carbocycles. The van der Waals surface area contributed by atoms with E-state index in [1.807, 2.05) is 30.1 Å². The Morgan fingerprint density at radius 3 is 2.81 bits per heavy atom. The summed E-state index contributed by atoms with van der Waals surface area (Å²) >= 11 is 0. The van der Waals surface area contributed by atoms with Gasteiger partial charge >= 0.3 is 0 Å². The molecule has 8 heteroatoms. The zero-order chi connectivity index (χ0) is 18.2. The first-order valence-corrected chi connectivity index (χ1v) is 9.03. The highest BCUT2D eigenvalue weighted by Gasteiger charge is 2.15. The molecule has 0 bridgehead atoms. The molecule has 1 fully saturated rings. The number of morpholine rings is 1. The number of nitrogens with zero attached hydrogens (tertiary/aromatic N) is 5. The minimum atomic E-state index is 0.571. The molecule has 1 aliphatic heterocycles. The fraction of sp³-hybridized carbons (Fsp3) is 0.500. The van der Waals surface area contributed by atoms with Gasteiger partial charge < -0.3 is 20.3 Å². The van der Waals surface area contributed by atoms with Gasteiger partial charge in [-0.2, -0.15) is 5.10 Å². The van der Waals surface area contributed by atoms with Gasteiger partial charge in [0.1, 0.15) is 5.82 Å². The molecule has 1 aliphatic rings. The van der Waals surface area contributed by atoms with Gasteiger partial charge in [-0.25, -0.2) is 9.98 Å². The zero-order valence-corrected chi connectivity index (χ0v) is 15.5. The minimum absolute atomic E-state index is 0.571. The average Bonchev–Trinajstić information content (AvgIpc) is 3.10. The van der Waals surface area contributed by atoms with Gasteiger partial charge in [0.2, 0.25) is 0 Å². The molecule has 2 aromatic heterocycles. The summed E-state index contributed by atoms with van der Waals surface area (Å²) in [5.74, 6) is 1.78. The van der Waals surface area contributed by atoms with Crippen LogP contribution in [0.1, 0.15) is 18.2 Å². The molecule has 0 spiro atoms. The van der Waals surface area contributed by atoms with Crippen molar-refractivity contribution in [1.29, 1.82) is 0 Å². The fourth-order valence-corrected chi connectivity index (χ4v) is 2.87. The molecule has 1 saturated heterocycles. The maximum atomic E-state index is 5.44. The summed E-state index contributed by atoms with van der Waals surface area (Å²) in [5, 5.41) is 10.8. The number of pyridine rings is 1. The van der Waals surface area contributed by atoms with Crippen LogP contribution in [0.4, 0.5) is 5.82 Å². The summed E-state index contributed by atoms with van der Waals surface area (Å²) in [6.45, 7) is 7.33. The van der Waals surface area contributed by atoms with Crippen LogP contribution in [-0.2, 0) is 24.9 Å². The Bertz CT molecular complexity index is 722. The number of ether oxygens (including phenoxy) is 1. The standard InChI is InChI=1S/C18H27N7O/c1-3-19-18(22-14-16-6-8-23-24(16)2)21-13-15-5-4-7-20-17(15)25-9-11-26-12-10-25/h4-8H,3,9-14H2,1-2H3,(H2,19,21,22). The molecule has 140 valence electrons. The molecule has 0 radical (unpaired) electrons. The van der Waals surface area contributed by atoms with Crippen molar-refractivity contribution in [2.75, 3.05) is 37.7 Å². The van der Waals surface area contributed by atoms with E-state index in [9.17, 15) is 0 Å². The predicted molar refractivity (Wildman–Crippen MR) is 102 cm³/mol. The molecule has 0 aromatic carbocycles. The molecular formula is C18H27N7O. The monoisotopic (exact) mass is 357 g/mol.